The number of hydrogen-bond acceptors (Lipinski definition) is 5. The van der Waals surface area contributed by atoms with Crippen molar-refractivity contribution in [1.29, 1.82) is 0 Å². The van der Waals surface area contributed by atoms with Crippen LogP contribution in [-0.4, -0.2) is 43.0 Å². The molecule has 0 saturated carbocycles. The lowest BCUT2D eigenvalue weighted by atomic mass is 10.1. The van der Waals surface area contributed by atoms with Gasteiger partial charge in [-0.1, -0.05) is 35.9 Å². The molecule has 0 spiro atoms. The molecule has 3 atom stereocenters. The fraction of sp³-hybridized carbons (Fsp3) is 0.435. The minimum atomic E-state index is -0.101. The number of amides is 1. The highest BCUT2D eigenvalue weighted by Crippen LogP contribution is 2.32. The van der Waals surface area contributed by atoms with Crippen molar-refractivity contribution in [3.05, 3.63) is 57.6 Å². The van der Waals surface area contributed by atoms with Gasteiger partial charge in [-0.15, -0.1) is 11.3 Å². The van der Waals surface area contributed by atoms with Crippen LogP contribution < -0.4 is 10.6 Å². The molecule has 2 aromatic heterocycles. The quantitative estimate of drug-likeness (QED) is 0.457. The van der Waals surface area contributed by atoms with Crippen LogP contribution in [0, 0.1) is 0 Å². The monoisotopic (exact) mass is 459 g/mol. The fourth-order valence-corrected chi connectivity index (χ4v) is 5.62. The van der Waals surface area contributed by atoms with Gasteiger partial charge in [-0.2, -0.15) is 0 Å². The van der Waals surface area contributed by atoms with Gasteiger partial charge in [0, 0.05) is 18.5 Å². The molecule has 3 heterocycles. The summed E-state index contributed by atoms with van der Waals surface area (Å²) < 4.78 is 12.2. The minimum Gasteiger partial charge on any atom is -0.353 e. The van der Waals surface area contributed by atoms with Gasteiger partial charge in [-0.25, -0.2) is 0 Å². The summed E-state index contributed by atoms with van der Waals surface area (Å²) >= 11 is 7.49. The predicted molar refractivity (Wildman–Crippen MR) is 123 cm³/mol. The topological polar surface area (TPSA) is 75.4 Å². The Morgan fingerprint density at radius 2 is 2.19 bits per heavy atom. The van der Waals surface area contributed by atoms with E-state index >= 15 is 0 Å². The molecule has 1 saturated heterocycles. The highest BCUT2D eigenvalue weighted by Gasteiger charge is 2.33. The van der Waals surface area contributed by atoms with Gasteiger partial charge in [0.05, 0.1) is 23.0 Å². The van der Waals surface area contributed by atoms with Crippen molar-refractivity contribution in [3.8, 4) is 0 Å². The molecule has 31 heavy (non-hydrogen) atoms. The molecular formula is C23H26ClN3O3S. The van der Waals surface area contributed by atoms with Crippen molar-refractivity contribution in [1.82, 2.24) is 15.6 Å². The summed E-state index contributed by atoms with van der Waals surface area (Å²) in [4.78, 5) is 17.0. The molecule has 5 rings (SSSR count). The normalized spacial score (nSPS) is 23.2. The molecule has 3 N–H and O–H groups in total. The summed E-state index contributed by atoms with van der Waals surface area (Å²) in [6.07, 6.45) is 3.95. The molecule has 2 aliphatic rings. The van der Waals surface area contributed by atoms with Gasteiger partial charge in [0.15, 0.2) is 6.29 Å². The fourth-order valence-electron chi connectivity index (χ4n) is 4.49. The summed E-state index contributed by atoms with van der Waals surface area (Å²) in [7, 11) is 0. The number of rotatable bonds is 7. The Morgan fingerprint density at radius 1 is 1.29 bits per heavy atom. The highest BCUT2D eigenvalue weighted by molar-refractivity contribution is 7.22. The Balaban J connectivity index is 1.23. The Kier molecular flexibility index (Phi) is 6.29. The smallest absolute Gasteiger partial charge is 0.268 e. The first kappa shape index (κ1) is 21.0. The van der Waals surface area contributed by atoms with Crippen LogP contribution in [0.15, 0.2) is 36.4 Å². The number of nitrogens with one attached hydrogen (secondary N) is 3. The number of ether oxygens (including phenoxy) is 2. The van der Waals surface area contributed by atoms with Gasteiger partial charge < -0.3 is 25.1 Å². The van der Waals surface area contributed by atoms with Crippen LogP contribution in [-0.2, 0) is 15.9 Å². The van der Waals surface area contributed by atoms with Crippen LogP contribution in [0.5, 0.6) is 0 Å². The number of aromatic amines is 1. The summed E-state index contributed by atoms with van der Waals surface area (Å²) in [6, 6.07) is 12.1. The van der Waals surface area contributed by atoms with Gasteiger partial charge >= 0.3 is 0 Å². The molecule has 3 aromatic rings. The first-order valence-corrected chi connectivity index (χ1v) is 12.0. The van der Waals surface area contributed by atoms with Crippen LogP contribution in [0.2, 0.25) is 4.34 Å². The number of hydrogen-bond donors (Lipinski definition) is 3. The number of thiophene rings is 1. The second kappa shape index (κ2) is 9.30. The largest absolute Gasteiger partial charge is 0.353 e. The molecular weight excluding hydrogens is 434 g/mol. The second-order valence-electron chi connectivity index (χ2n) is 8.10. The van der Waals surface area contributed by atoms with E-state index in [0.29, 0.717) is 23.2 Å². The minimum absolute atomic E-state index is 0.0271. The molecule has 0 radical (unpaired) electrons. The predicted octanol–water partition coefficient (Wildman–Crippen LogP) is 4.41. The van der Waals surface area contributed by atoms with Crippen molar-refractivity contribution in [3.63, 3.8) is 0 Å². The maximum absolute atomic E-state index is 12.9. The van der Waals surface area contributed by atoms with E-state index in [1.807, 2.05) is 24.3 Å². The Bertz CT molecular complexity index is 1030. The SMILES string of the molecule is O=C(N[C@@H]1Cc2ccccc2[C@@H]1NCCOC1CCCCO1)c1cc2cc(Cl)sc2[nH]1. The van der Waals surface area contributed by atoms with Crippen LogP contribution in [0.4, 0.5) is 0 Å². The van der Waals surface area contributed by atoms with Crippen LogP contribution in [0.3, 0.4) is 0 Å². The van der Waals surface area contributed by atoms with E-state index in [-0.39, 0.29) is 24.3 Å². The maximum Gasteiger partial charge on any atom is 0.268 e. The molecule has 1 amide bonds. The number of aromatic nitrogens is 1. The van der Waals surface area contributed by atoms with Crippen LogP contribution >= 0.6 is 22.9 Å². The van der Waals surface area contributed by atoms with Crippen molar-refractivity contribution in [2.24, 2.45) is 0 Å². The van der Waals surface area contributed by atoms with Gasteiger partial charge in [0.2, 0.25) is 0 Å². The Morgan fingerprint density at radius 3 is 3.03 bits per heavy atom. The third kappa shape index (κ3) is 4.66. The van der Waals surface area contributed by atoms with Crippen LogP contribution in [0.25, 0.3) is 10.2 Å². The molecule has 1 aliphatic heterocycles. The number of benzene rings is 1. The maximum atomic E-state index is 12.9. The van der Waals surface area contributed by atoms with Gasteiger partial charge in [-0.3, -0.25) is 4.79 Å². The zero-order chi connectivity index (χ0) is 21.2. The van der Waals surface area contributed by atoms with Crippen molar-refractivity contribution in [2.75, 3.05) is 19.8 Å². The van der Waals surface area contributed by atoms with Crippen molar-refractivity contribution in [2.45, 2.75) is 44.1 Å². The first-order chi connectivity index (χ1) is 15.2. The van der Waals surface area contributed by atoms with Gasteiger partial charge in [0.25, 0.3) is 5.91 Å². The standard InChI is InChI=1S/C23H26ClN3O3S/c24-19-13-15-12-18(27-23(15)31-19)22(28)26-17-11-14-5-1-2-6-16(14)21(17)25-8-10-30-20-7-3-4-9-29-20/h1-2,5-6,12-13,17,20-21,25,27H,3-4,7-11H2,(H,26,28)/t17-,20?,21+/m1/s1. The molecule has 164 valence electrons. The molecule has 1 unspecified atom stereocenters. The average molecular weight is 460 g/mol. The summed E-state index contributed by atoms with van der Waals surface area (Å²) in [6.45, 7) is 2.06. The average Bonchev–Trinajstić information content (AvgIpc) is 3.43. The lowest BCUT2D eigenvalue weighted by Crippen LogP contribution is -2.43. The molecule has 1 fully saturated rings. The first-order valence-electron chi connectivity index (χ1n) is 10.8. The zero-order valence-corrected chi connectivity index (χ0v) is 18.7. The number of fused-ring (bicyclic) bond motifs is 2. The summed E-state index contributed by atoms with van der Waals surface area (Å²) in [5, 5.41) is 7.78. The number of carbonyl (C=O) groups is 1. The van der Waals surface area contributed by atoms with Gasteiger partial charge in [-0.05, 0) is 48.9 Å². The third-order valence-corrected chi connectivity index (χ3v) is 7.18. The Labute approximate surface area is 190 Å². The lowest BCUT2D eigenvalue weighted by Gasteiger charge is -2.25. The molecule has 8 heteroatoms. The second-order valence-corrected chi connectivity index (χ2v) is 9.78. The molecule has 1 aliphatic carbocycles. The van der Waals surface area contributed by atoms with E-state index in [1.165, 1.54) is 22.5 Å². The summed E-state index contributed by atoms with van der Waals surface area (Å²) in [5.41, 5.74) is 3.06. The lowest BCUT2D eigenvalue weighted by molar-refractivity contribution is -0.161. The van der Waals surface area contributed by atoms with E-state index in [9.17, 15) is 4.79 Å². The van der Waals surface area contributed by atoms with Crippen molar-refractivity contribution >= 4 is 39.1 Å². The molecule has 6 nitrogen and oxygen atoms in total. The van der Waals surface area contributed by atoms with Crippen LogP contribution in [0.1, 0.15) is 46.9 Å². The zero-order valence-electron chi connectivity index (χ0n) is 17.2. The summed E-state index contributed by atoms with van der Waals surface area (Å²) in [5.74, 6) is -0.101. The molecule has 0 bridgehead atoms. The number of carbonyl (C=O) groups excluding carboxylic acids is 1. The third-order valence-electron chi connectivity index (χ3n) is 5.98. The van der Waals surface area contributed by atoms with E-state index in [2.05, 4.69) is 27.8 Å². The van der Waals surface area contributed by atoms with E-state index in [4.69, 9.17) is 21.1 Å². The van der Waals surface area contributed by atoms with Gasteiger partial charge in [0.1, 0.15) is 10.5 Å². The number of H-pyrrole nitrogens is 1. The van der Waals surface area contributed by atoms with E-state index in [0.717, 1.165) is 42.5 Å². The molecule has 1 aromatic carbocycles. The van der Waals surface area contributed by atoms with E-state index < -0.39 is 0 Å². The highest BCUT2D eigenvalue weighted by atomic mass is 35.5. The van der Waals surface area contributed by atoms with E-state index in [1.54, 1.807) is 0 Å². The Hall–Kier alpha value is -1.90. The number of halogens is 1. The van der Waals surface area contributed by atoms with Crippen molar-refractivity contribution < 1.29 is 14.3 Å².